The summed E-state index contributed by atoms with van der Waals surface area (Å²) in [7, 11) is 0. The lowest BCUT2D eigenvalue weighted by Crippen LogP contribution is -2.77. The summed E-state index contributed by atoms with van der Waals surface area (Å²) in [4.78, 5) is 0. The lowest BCUT2D eigenvalue weighted by atomic mass is 9.95. The summed E-state index contributed by atoms with van der Waals surface area (Å²) in [5.41, 5.74) is 10.2. The third-order valence-electron chi connectivity index (χ3n) is 9.06. The predicted molar refractivity (Wildman–Crippen MR) is 190 cm³/mol. The molecule has 0 amide bonds. The van der Waals surface area contributed by atoms with Crippen LogP contribution in [0, 0.1) is 0 Å². The van der Waals surface area contributed by atoms with Crippen LogP contribution < -0.4 is 10.7 Å². The van der Waals surface area contributed by atoms with Crippen molar-refractivity contribution >= 4 is 55.4 Å². The van der Waals surface area contributed by atoms with Gasteiger partial charge in [-0.25, -0.2) is 0 Å². The minimum atomic E-state index is 0.937. The normalized spacial score (nSPS) is 15.2. The fraction of sp³-hybridized carbons (Fsp3) is 0.143. The van der Waals surface area contributed by atoms with Crippen molar-refractivity contribution in [3.8, 4) is 0 Å². The zero-order valence-corrected chi connectivity index (χ0v) is 25.7. The molecule has 6 aromatic rings. The molecule has 44 heavy (non-hydrogen) atoms. The van der Waals surface area contributed by atoms with Gasteiger partial charge in [-0.1, -0.05) is 116 Å². The molecule has 1 aromatic heterocycles. The van der Waals surface area contributed by atoms with Crippen molar-refractivity contribution < 1.29 is 5.32 Å². The van der Waals surface area contributed by atoms with Crippen molar-refractivity contribution in [1.82, 2.24) is 4.57 Å². The number of hydrogen-bond acceptors (Lipinski definition) is 0. The number of aromatic nitrogens is 1. The Kier molecular flexibility index (Phi) is 7.60. The molecule has 0 saturated carbocycles. The Morgan fingerprint density at radius 1 is 0.773 bits per heavy atom. The van der Waals surface area contributed by atoms with E-state index < -0.39 is 0 Å². The summed E-state index contributed by atoms with van der Waals surface area (Å²) in [5, 5.41) is 10.1. The van der Waals surface area contributed by atoms with E-state index in [9.17, 15) is 0 Å². The first-order valence-corrected chi connectivity index (χ1v) is 15.9. The van der Waals surface area contributed by atoms with Gasteiger partial charge >= 0.3 is 0 Å². The monoisotopic (exact) mass is 571 g/mol. The van der Waals surface area contributed by atoms with Crippen molar-refractivity contribution in [2.75, 3.05) is 6.54 Å². The standard InChI is InChI=1S/C42H38N2/c1-4-43-37-21-11-17-31-15-9-19-35(41(31)37)29(3)23-24-33-25-26-34(40(33)30-13-7-6-8-14-30)27-28-38-36-20-10-16-32-18-12-22-39(42(32)36)44(38)5-2/h6-24,27-28,43H,3-5,25-26H2,1-2H3/p+1/b24-23+,34-27+,38-28+. The molecule has 2 heteroatoms. The summed E-state index contributed by atoms with van der Waals surface area (Å²) in [6, 6.07) is 37.3. The van der Waals surface area contributed by atoms with Crippen molar-refractivity contribution in [2.45, 2.75) is 33.2 Å². The number of allylic oxidation sites excluding steroid dienone is 7. The van der Waals surface area contributed by atoms with Gasteiger partial charge in [-0.05, 0) is 89.1 Å². The Labute approximate surface area is 260 Å². The molecule has 0 spiro atoms. The molecule has 0 radical (unpaired) electrons. The van der Waals surface area contributed by atoms with E-state index in [4.69, 9.17) is 0 Å². The molecule has 2 nitrogen and oxygen atoms in total. The molecule has 0 bridgehead atoms. The highest BCUT2D eigenvalue weighted by molar-refractivity contribution is 6.10. The van der Waals surface area contributed by atoms with E-state index in [1.807, 2.05) is 0 Å². The fourth-order valence-electron chi connectivity index (χ4n) is 7.09. The third kappa shape index (κ3) is 4.92. The molecule has 0 unspecified atom stereocenters. The van der Waals surface area contributed by atoms with E-state index in [2.05, 4.69) is 158 Å². The third-order valence-corrected chi connectivity index (χ3v) is 9.06. The van der Waals surface area contributed by atoms with Crippen LogP contribution in [0.2, 0.25) is 0 Å². The molecule has 1 aliphatic rings. The van der Waals surface area contributed by atoms with Crippen LogP contribution in [0.1, 0.15) is 37.8 Å². The maximum atomic E-state index is 4.55. The zero-order valence-electron chi connectivity index (χ0n) is 25.7. The largest absolute Gasteiger partial charge is 0.341 e. The van der Waals surface area contributed by atoms with Gasteiger partial charge in [-0.15, -0.1) is 0 Å². The van der Waals surface area contributed by atoms with Crippen molar-refractivity contribution in [1.29, 1.82) is 0 Å². The average molecular weight is 572 g/mol. The van der Waals surface area contributed by atoms with E-state index in [0.29, 0.717) is 0 Å². The van der Waals surface area contributed by atoms with Crippen LogP contribution in [0.4, 0.5) is 5.69 Å². The van der Waals surface area contributed by atoms with Gasteiger partial charge in [0, 0.05) is 28.2 Å². The molecule has 0 saturated heterocycles. The first kappa shape index (κ1) is 27.9. The summed E-state index contributed by atoms with van der Waals surface area (Å²) in [6.07, 6.45) is 11.3. The van der Waals surface area contributed by atoms with Crippen LogP contribution in [0.3, 0.4) is 0 Å². The number of nitrogens with two attached hydrogens (primary N) is 1. The zero-order chi connectivity index (χ0) is 30.0. The van der Waals surface area contributed by atoms with E-state index >= 15 is 0 Å². The van der Waals surface area contributed by atoms with Crippen LogP contribution in [0.25, 0.3) is 49.7 Å². The van der Waals surface area contributed by atoms with E-state index in [1.54, 1.807) is 0 Å². The van der Waals surface area contributed by atoms with E-state index in [1.165, 1.54) is 71.3 Å². The highest BCUT2D eigenvalue weighted by Crippen LogP contribution is 2.40. The number of fused-ring (bicyclic) bond motifs is 1. The van der Waals surface area contributed by atoms with Crippen molar-refractivity contribution in [3.05, 3.63) is 156 Å². The Balaban J connectivity index is 1.32. The molecule has 1 heterocycles. The van der Waals surface area contributed by atoms with Gasteiger partial charge in [-0.2, -0.15) is 0 Å². The van der Waals surface area contributed by atoms with Crippen LogP contribution >= 0.6 is 0 Å². The van der Waals surface area contributed by atoms with Gasteiger partial charge in [0.05, 0.1) is 11.9 Å². The maximum Gasteiger partial charge on any atom is 0.138 e. The first-order chi connectivity index (χ1) is 21.7. The van der Waals surface area contributed by atoms with Crippen LogP contribution in [-0.2, 0) is 6.54 Å². The average Bonchev–Trinajstić information content (AvgIpc) is 3.62. The van der Waals surface area contributed by atoms with Gasteiger partial charge in [0.1, 0.15) is 5.69 Å². The highest BCUT2D eigenvalue weighted by Gasteiger charge is 2.20. The fourth-order valence-corrected chi connectivity index (χ4v) is 7.09. The van der Waals surface area contributed by atoms with Crippen LogP contribution in [-0.4, -0.2) is 11.1 Å². The number of nitrogens with zero attached hydrogens (tertiary/aromatic N) is 1. The first-order valence-electron chi connectivity index (χ1n) is 15.9. The molecule has 0 atom stereocenters. The molecule has 0 fully saturated rings. The number of aryl methyl sites for hydroxylation is 1. The minimum absolute atomic E-state index is 0.937. The predicted octanol–water partition coefficient (Wildman–Crippen LogP) is 9.13. The topological polar surface area (TPSA) is 21.5 Å². The van der Waals surface area contributed by atoms with Crippen molar-refractivity contribution in [2.24, 2.45) is 0 Å². The van der Waals surface area contributed by atoms with Gasteiger partial charge in [0.2, 0.25) is 0 Å². The molecular weight excluding hydrogens is 532 g/mol. The Bertz CT molecular complexity index is 2160. The van der Waals surface area contributed by atoms with Crippen LogP contribution in [0.15, 0.2) is 139 Å². The van der Waals surface area contributed by atoms with Crippen molar-refractivity contribution in [3.63, 3.8) is 0 Å². The van der Waals surface area contributed by atoms with Gasteiger partial charge in [0.25, 0.3) is 0 Å². The molecular formula is C42H39N2+. The lowest BCUT2D eigenvalue weighted by Gasteiger charge is -2.10. The molecule has 216 valence electrons. The molecule has 7 rings (SSSR count). The summed E-state index contributed by atoms with van der Waals surface area (Å²) < 4.78 is 2.45. The number of benzene rings is 5. The highest BCUT2D eigenvalue weighted by atomic mass is 15.0. The van der Waals surface area contributed by atoms with Crippen LogP contribution in [0.5, 0.6) is 0 Å². The molecule has 1 aliphatic carbocycles. The molecule has 0 aliphatic heterocycles. The summed E-state index contributed by atoms with van der Waals surface area (Å²) in [5.74, 6) is 0. The lowest BCUT2D eigenvalue weighted by molar-refractivity contribution is -0.566. The number of quaternary nitrogens is 1. The molecule has 5 aromatic carbocycles. The number of hydrogen-bond donors (Lipinski definition) is 1. The Morgan fingerprint density at radius 3 is 2.27 bits per heavy atom. The maximum absolute atomic E-state index is 4.55. The summed E-state index contributed by atoms with van der Waals surface area (Å²) in [6.45, 7) is 10.9. The van der Waals surface area contributed by atoms with Gasteiger partial charge in [-0.3, -0.25) is 0 Å². The second kappa shape index (κ2) is 12.0. The second-order valence-electron chi connectivity index (χ2n) is 11.7. The Hall–Kier alpha value is -4.92. The summed E-state index contributed by atoms with van der Waals surface area (Å²) >= 11 is 0. The second-order valence-corrected chi connectivity index (χ2v) is 11.7. The quantitative estimate of drug-likeness (QED) is 0.139. The minimum Gasteiger partial charge on any atom is -0.341 e. The van der Waals surface area contributed by atoms with E-state index in [0.717, 1.165) is 31.5 Å². The number of rotatable bonds is 8. The van der Waals surface area contributed by atoms with Gasteiger partial charge in [0.15, 0.2) is 0 Å². The SMILES string of the molecule is C=C(/C=C/C1=C(c2ccccc2)C(=C/C=c2\c3cccc4cccc(c43)n2CC)/CC1)c1cccc2cccc([NH2+]CC)c12. The van der Waals surface area contributed by atoms with Gasteiger partial charge < -0.3 is 9.88 Å². The van der Waals surface area contributed by atoms with E-state index in [-0.39, 0.29) is 0 Å². The smallest absolute Gasteiger partial charge is 0.138 e. The Morgan fingerprint density at radius 2 is 1.50 bits per heavy atom. The molecule has 2 N–H and O–H groups in total.